The molecule has 0 N–H and O–H groups in total. The molecule has 0 fully saturated rings. The second-order valence-electron chi connectivity index (χ2n) is 7.52. The van der Waals surface area contributed by atoms with E-state index in [4.69, 9.17) is 5.26 Å². The second kappa shape index (κ2) is 7.89. The zero-order valence-corrected chi connectivity index (χ0v) is 16.9. The average molecular weight is 437 g/mol. The zero-order valence-electron chi connectivity index (χ0n) is 16.9. The Bertz CT molecular complexity index is 1370. The predicted octanol–water partition coefficient (Wildman–Crippen LogP) is 5.08. The van der Waals surface area contributed by atoms with E-state index in [9.17, 15) is 17.6 Å². The lowest BCUT2D eigenvalue weighted by molar-refractivity contribution is 0.514. The predicted molar refractivity (Wildman–Crippen MR) is 108 cm³/mol. The largest absolute Gasteiger partial charge is 0.252 e. The lowest BCUT2D eigenvalue weighted by Crippen LogP contribution is -2.22. The van der Waals surface area contributed by atoms with Crippen LogP contribution in [-0.2, 0) is 5.41 Å². The highest BCUT2D eigenvalue weighted by molar-refractivity contribution is 5.59. The maximum absolute atomic E-state index is 14.6. The Labute approximate surface area is 180 Å². The van der Waals surface area contributed by atoms with Crippen LogP contribution in [0.1, 0.15) is 30.8 Å². The van der Waals surface area contributed by atoms with Crippen LogP contribution >= 0.6 is 0 Å². The van der Waals surface area contributed by atoms with Gasteiger partial charge in [0.2, 0.25) is 11.9 Å². The molecule has 160 valence electrons. The zero-order chi connectivity index (χ0) is 23.0. The van der Waals surface area contributed by atoms with Crippen molar-refractivity contribution in [3.63, 3.8) is 0 Å². The molecule has 1 aromatic carbocycles. The van der Waals surface area contributed by atoms with Gasteiger partial charge in [0.05, 0.1) is 28.1 Å². The minimum atomic E-state index is -1.01. The van der Waals surface area contributed by atoms with Crippen LogP contribution in [0.5, 0.6) is 0 Å². The van der Waals surface area contributed by atoms with Gasteiger partial charge >= 0.3 is 0 Å². The Hall–Kier alpha value is -4.06. The van der Waals surface area contributed by atoms with Gasteiger partial charge in [-0.1, -0.05) is 6.07 Å². The Morgan fingerprint density at radius 1 is 0.906 bits per heavy atom. The number of hydrogen-bond acceptors (Lipinski definition) is 4. The highest BCUT2D eigenvalue weighted by Crippen LogP contribution is 2.31. The molecule has 3 aromatic heterocycles. The number of halogens is 4. The molecule has 0 bridgehead atoms. The summed E-state index contributed by atoms with van der Waals surface area (Å²) >= 11 is 0. The van der Waals surface area contributed by atoms with Crippen molar-refractivity contribution in [3.8, 4) is 23.0 Å². The molecular formula is C23H15F4N5. The Balaban J connectivity index is 1.73. The maximum atomic E-state index is 14.6. The number of rotatable bonds is 4. The fourth-order valence-electron chi connectivity index (χ4n) is 3.28. The SMILES string of the molecule is CC(C)(c1cccc(-c2ccc(F)nc2F)n1)c1ccn(-c2ccc(F)c(C#N)c2F)n1. The van der Waals surface area contributed by atoms with Crippen molar-refractivity contribution in [2.75, 3.05) is 0 Å². The minimum absolute atomic E-state index is 0.0481. The summed E-state index contributed by atoms with van der Waals surface area (Å²) in [7, 11) is 0. The highest BCUT2D eigenvalue weighted by Gasteiger charge is 2.29. The molecule has 4 aromatic rings. The third-order valence-electron chi connectivity index (χ3n) is 5.14. The van der Waals surface area contributed by atoms with Crippen molar-refractivity contribution < 1.29 is 17.6 Å². The molecule has 0 amide bonds. The minimum Gasteiger partial charge on any atom is -0.252 e. The van der Waals surface area contributed by atoms with Gasteiger partial charge in [0.25, 0.3) is 0 Å². The lowest BCUT2D eigenvalue weighted by atomic mass is 9.85. The quantitative estimate of drug-likeness (QED) is 0.330. The monoisotopic (exact) mass is 437 g/mol. The van der Waals surface area contributed by atoms with Crippen molar-refractivity contribution in [2.45, 2.75) is 19.3 Å². The van der Waals surface area contributed by atoms with Gasteiger partial charge in [0, 0.05) is 6.20 Å². The second-order valence-corrected chi connectivity index (χ2v) is 7.52. The standard InChI is InChI=1S/C23H15F4N5/c1-23(2,18-5-3-4-16(29-18)13-6-9-20(25)30-22(13)27)19-10-11-32(31-19)17-8-7-15(24)14(12-28)21(17)26/h3-11H,1-2H3. The first kappa shape index (κ1) is 21.2. The van der Waals surface area contributed by atoms with Crippen molar-refractivity contribution >= 4 is 0 Å². The Kier molecular flexibility index (Phi) is 5.22. The van der Waals surface area contributed by atoms with Crippen LogP contribution in [0.4, 0.5) is 17.6 Å². The van der Waals surface area contributed by atoms with Gasteiger partial charge in [-0.2, -0.15) is 24.1 Å². The van der Waals surface area contributed by atoms with E-state index < -0.39 is 34.5 Å². The third-order valence-corrected chi connectivity index (χ3v) is 5.14. The number of hydrogen-bond donors (Lipinski definition) is 0. The van der Waals surface area contributed by atoms with Gasteiger partial charge in [0.1, 0.15) is 23.1 Å². The molecule has 9 heteroatoms. The smallest absolute Gasteiger partial charge is 0.224 e. The van der Waals surface area contributed by atoms with Crippen LogP contribution in [0, 0.1) is 34.9 Å². The van der Waals surface area contributed by atoms with Crippen molar-refractivity contribution in [3.05, 3.63) is 95.2 Å². The first-order valence-corrected chi connectivity index (χ1v) is 9.47. The van der Waals surface area contributed by atoms with Gasteiger partial charge in [0.15, 0.2) is 5.82 Å². The van der Waals surface area contributed by atoms with E-state index in [1.54, 1.807) is 24.3 Å². The van der Waals surface area contributed by atoms with Gasteiger partial charge in [-0.15, -0.1) is 0 Å². The number of nitrogens with zero attached hydrogens (tertiary/aromatic N) is 5. The van der Waals surface area contributed by atoms with Crippen LogP contribution in [-0.4, -0.2) is 19.7 Å². The summed E-state index contributed by atoms with van der Waals surface area (Å²) in [4.78, 5) is 7.69. The molecule has 0 saturated carbocycles. The summed E-state index contributed by atoms with van der Waals surface area (Å²) in [5.41, 5.74) is -0.215. The summed E-state index contributed by atoms with van der Waals surface area (Å²) in [6.07, 6.45) is 1.49. The lowest BCUT2D eigenvalue weighted by Gasteiger charge is -2.22. The van der Waals surface area contributed by atoms with Crippen LogP contribution < -0.4 is 0 Å². The molecule has 0 atom stereocenters. The number of aromatic nitrogens is 4. The molecule has 4 rings (SSSR count). The molecule has 0 aliphatic rings. The van der Waals surface area contributed by atoms with Gasteiger partial charge < -0.3 is 0 Å². The van der Waals surface area contributed by atoms with E-state index in [-0.39, 0.29) is 16.9 Å². The van der Waals surface area contributed by atoms with Crippen LogP contribution in [0.15, 0.2) is 54.7 Å². The first-order valence-electron chi connectivity index (χ1n) is 9.47. The van der Waals surface area contributed by atoms with Gasteiger partial charge in [-0.05, 0) is 56.3 Å². The van der Waals surface area contributed by atoms with Crippen LogP contribution in [0.2, 0.25) is 0 Å². The number of benzene rings is 1. The molecule has 0 unspecified atom stereocenters. The van der Waals surface area contributed by atoms with Crippen molar-refractivity contribution in [2.24, 2.45) is 0 Å². The number of pyridine rings is 2. The molecule has 0 saturated heterocycles. The summed E-state index contributed by atoms with van der Waals surface area (Å²) in [6.45, 7) is 3.65. The summed E-state index contributed by atoms with van der Waals surface area (Å²) in [5, 5.41) is 13.4. The average Bonchev–Trinajstić information content (AvgIpc) is 3.25. The normalized spacial score (nSPS) is 11.4. The molecule has 0 spiro atoms. The van der Waals surface area contributed by atoms with Gasteiger partial charge in [-0.25, -0.2) is 13.5 Å². The molecule has 0 aliphatic heterocycles. The molecule has 0 aliphatic carbocycles. The van der Waals surface area contributed by atoms with Gasteiger partial charge in [-0.3, -0.25) is 4.98 Å². The molecule has 32 heavy (non-hydrogen) atoms. The van der Waals surface area contributed by atoms with E-state index in [1.807, 2.05) is 13.8 Å². The molecular weight excluding hydrogens is 422 g/mol. The topological polar surface area (TPSA) is 67.4 Å². The van der Waals surface area contributed by atoms with E-state index in [1.165, 1.54) is 29.1 Å². The van der Waals surface area contributed by atoms with Crippen molar-refractivity contribution in [1.29, 1.82) is 5.26 Å². The fraction of sp³-hybridized carbons (Fsp3) is 0.130. The number of nitriles is 1. The Morgan fingerprint density at radius 2 is 1.69 bits per heavy atom. The first-order chi connectivity index (χ1) is 15.2. The van der Waals surface area contributed by atoms with E-state index in [0.717, 1.165) is 12.1 Å². The van der Waals surface area contributed by atoms with E-state index in [0.29, 0.717) is 11.4 Å². The molecule has 0 radical (unpaired) electrons. The van der Waals surface area contributed by atoms with E-state index >= 15 is 0 Å². The highest BCUT2D eigenvalue weighted by atomic mass is 19.1. The summed E-state index contributed by atoms with van der Waals surface area (Å²) in [5.74, 6) is -3.87. The van der Waals surface area contributed by atoms with Crippen LogP contribution in [0.25, 0.3) is 16.9 Å². The summed E-state index contributed by atoms with van der Waals surface area (Å²) < 4.78 is 56.7. The fourth-order valence-corrected chi connectivity index (χ4v) is 3.28. The third kappa shape index (κ3) is 3.60. The van der Waals surface area contributed by atoms with E-state index in [2.05, 4.69) is 15.1 Å². The summed E-state index contributed by atoms with van der Waals surface area (Å²) in [6, 6.07) is 12.6. The maximum Gasteiger partial charge on any atom is 0.224 e. The Morgan fingerprint density at radius 3 is 2.41 bits per heavy atom. The van der Waals surface area contributed by atoms with Crippen molar-refractivity contribution in [1.82, 2.24) is 19.7 Å². The molecule has 3 heterocycles. The van der Waals surface area contributed by atoms with Crippen LogP contribution in [0.3, 0.4) is 0 Å². The molecule has 5 nitrogen and oxygen atoms in total.